The standard InChI is InChI=1S/C23H24N4O3S/c1-15-6-5-9-18(12-15)24-20(28)13-19-22(30)26(14-16-7-3-2-4-8-16)23(31)27(19)25-21(29)17-10-11-17/h2-9,12,17,19H,10-11,13-14H2,1H3,(H,24,28)(H,25,29). The summed E-state index contributed by atoms with van der Waals surface area (Å²) in [6, 6.07) is 16.0. The lowest BCUT2D eigenvalue weighted by Gasteiger charge is -2.24. The van der Waals surface area contributed by atoms with E-state index < -0.39 is 6.04 Å². The van der Waals surface area contributed by atoms with E-state index in [-0.39, 0.29) is 41.7 Å². The van der Waals surface area contributed by atoms with Gasteiger partial charge in [0.25, 0.3) is 5.91 Å². The Hall–Kier alpha value is -3.26. The zero-order chi connectivity index (χ0) is 22.0. The summed E-state index contributed by atoms with van der Waals surface area (Å²) in [6.07, 6.45) is 1.53. The highest BCUT2D eigenvalue weighted by Crippen LogP contribution is 2.30. The number of rotatable bonds is 7. The molecule has 0 radical (unpaired) electrons. The zero-order valence-electron chi connectivity index (χ0n) is 17.2. The van der Waals surface area contributed by atoms with Crippen LogP contribution in [0.15, 0.2) is 54.6 Å². The number of amides is 3. The molecule has 1 saturated carbocycles. The molecule has 1 saturated heterocycles. The summed E-state index contributed by atoms with van der Waals surface area (Å²) in [5.41, 5.74) is 5.37. The summed E-state index contributed by atoms with van der Waals surface area (Å²) in [4.78, 5) is 39.8. The lowest BCUT2D eigenvalue weighted by molar-refractivity contribution is -0.133. The highest BCUT2D eigenvalue weighted by atomic mass is 32.1. The van der Waals surface area contributed by atoms with Gasteiger partial charge in [0.15, 0.2) is 5.11 Å². The lowest BCUT2D eigenvalue weighted by Crippen LogP contribution is -2.50. The molecule has 160 valence electrons. The van der Waals surface area contributed by atoms with Crippen LogP contribution in [0.4, 0.5) is 5.69 Å². The molecule has 1 aliphatic heterocycles. The molecule has 2 aromatic carbocycles. The molecule has 1 atom stereocenters. The number of carbonyl (C=O) groups excluding carboxylic acids is 3. The van der Waals surface area contributed by atoms with Crippen molar-refractivity contribution in [1.29, 1.82) is 0 Å². The topological polar surface area (TPSA) is 81.8 Å². The minimum atomic E-state index is -0.885. The maximum Gasteiger partial charge on any atom is 0.254 e. The van der Waals surface area contributed by atoms with Crippen LogP contribution < -0.4 is 10.7 Å². The third-order valence-corrected chi connectivity index (χ3v) is 5.76. The van der Waals surface area contributed by atoms with Crippen molar-refractivity contribution in [3.8, 4) is 0 Å². The summed E-state index contributed by atoms with van der Waals surface area (Å²) in [5.74, 6) is -0.841. The maximum absolute atomic E-state index is 13.2. The van der Waals surface area contributed by atoms with Gasteiger partial charge in [-0.2, -0.15) is 0 Å². The van der Waals surface area contributed by atoms with Crippen LogP contribution in [0.25, 0.3) is 0 Å². The number of nitrogens with zero attached hydrogens (tertiary/aromatic N) is 2. The van der Waals surface area contributed by atoms with Gasteiger partial charge in [-0.25, -0.2) is 5.01 Å². The van der Waals surface area contributed by atoms with Crippen LogP contribution >= 0.6 is 12.2 Å². The number of anilines is 1. The van der Waals surface area contributed by atoms with E-state index in [1.54, 1.807) is 6.07 Å². The van der Waals surface area contributed by atoms with Gasteiger partial charge >= 0.3 is 0 Å². The van der Waals surface area contributed by atoms with E-state index in [9.17, 15) is 14.4 Å². The summed E-state index contributed by atoms with van der Waals surface area (Å²) in [7, 11) is 0. The fourth-order valence-electron chi connectivity index (χ4n) is 3.53. The maximum atomic E-state index is 13.2. The first kappa shape index (κ1) is 21.0. The molecule has 2 aromatic rings. The fraction of sp³-hybridized carbons (Fsp3) is 0.304. The van der Waals surface area contributed by atoms with Gasteiger partial charge < -0.3 is 5.32 Å². The highest BCUT2D eigenvalue weighted by Gasteiger charge is 2.45. The Bertz CT molecular complexity index is 1020. The molecule has 1 unspecified atom stereocenters. The summed E-state index contributed by atoms with van der Waals surface area (Å²) >= 11 is 5.52. The van der Waals surface area contributed by atoms with Crippen LogP contribution in [0.1, 0.15) is 30.4 Å². The van der Waals surface area contributed by atoms with Gasteiger partial charge in [-0.3, -0.25) is 24.7 Å². The predicted octanol–water partition coefficient (Wildman–Crippen LogP) is 2.76. The van der Waals surface area contributed by atoms with E-state index in [2.05, 4.69) is 10.7 Å². The molecule has 2 aliphatic rings. The second-order valence-corrected chi connectivity index (χ2v) is 8.32. The van der Waals surface area contributed by atoms with Gasteiger partial charge in [0, 0.05) is 11.6 Å². The Balaban J connectivity index is 1.51. The largest absolute Gasteiger partial charge is 0.326 e. The molecule has 31 heavy (non-hydrogen) atoms. The van der Waals surface area contributed by atoms with Gasteiger partial charge in [-0.1, -0.05) is 42.5 Å². The van der Waals surface area contributed by atoms with E-state index in [0.717, 1.165) is 24.0 Å². The second-order valence-electron chi connectivity index (χ2n) is 7.95. The van der Waals surface area contributed by atoms with Crippen LogP contribution in [-0.2, 0) is 20.9 Å². The Morgan fingerprint density at radius 2 is 1.84 bits per heavy atom. The molecule has 3 amide bonds. The Morgan fingerprint density at radius 3 is 2.52 bits per heavy atom. The Labute approximate surface area is 186 Å². The predicted molar refractivity (Wildman–Crippen MR) is 121 cm³/mol. The molecule has 2 fully saturated rings. The van der Waals surface area contributed by atoms with Crippen molar-refractivity contribution in [2.75, 3.05) is 5.32 Å². The first-order valence-electron chi connectivity index (χ1n) is 10.3. The lowest BCUT2D eigenvalue weighted by atomic mass is 10.1. The Kier molecular flexibility index (Phi) is 5.99. The summed E-state index contributed by atoms with van der Waals surface area (Å²) in [6.45, 7) is 2.22. The van der Waals surface area contributed by atoms with Gasteiger partial charge in [-0.05, 0) is 55.2 Å². The number of aryl methyl sites for hydroxylation is 1. The van der Waals surface area contributed by atoms with Crippen molar-refractivity contribution in [3.63, 3.8) is 0 Å². The van der Waals surface area contributed by atoms with E-state index in [1.165, 1.54) is 9.91 Å². The third-order valence-electron chi connectivity index (χ3n) is 5.34. The van der Waals surface area contributed by atoms with E-state index in [4.69, 9.17) is 12.2 Å². The first-order valence-corrected chi connectivity index (χ1v) is 10.7. The van der Waals surface area contributed by atoms with Crippen molar-refractivity contribution in [2.24, 2.45) is 5.92 Å². The highest BCUT2D eigenvalue weighted by molar-refractivity contribution is 7.80. The zero-order valence-corrected chi connectivity index (χ0v) is 18.0. The van der Waals surface area contributed by atoms with Gasteiger partial charge in [-0.15, -0.1) is 0 Å². The third kappa shape index (κ3) is 4.91. The number of thiocarbonyl (C=S) groups is 1. The van der Waals surface area contributed by atoms with Crippen molar-refractivity contribution in [2.45, 2.75) is 38.8 Å². The molecule has 7 nitrogen and oxygen atoms in total. The number of hydrazine groups is 1. The molecular weight excluding hydrogens is 412 g/mol. The molecular formula is C23H24N4O3S. The van der Waals surface area contributed by atoms with E-state index in [1.807, 2.05) is 55.5 Å². The smallest absolute Gasteiger partial charge is 0.254 e. The number of benzene rings is 2. The molecule has 1 aliphatic carbocycles. The molecule has 0 aromatic heterocycles. The molecule has 0 spiro atoms. The SMILES string of the molecule is Cc1cccc(NC(=O)CC2C(=O)N(Cc3ccccc3)C(=S)N2NC(=O)C2CC2)c1. The molecule has 4 rings (SSSR count). The number of hydrogen-bond donors (Lipinski definition) is 2. The van der Waals surface area contributed by atoms with Gasteiger partial charge in [0.2, 0.25) is 11.8 Å². The van der Waals surface area contributed by atoms with Crippen molar-refractivity contribution in [1.82, 2.24) is 15.3 Å². The molecule has 8 heteroatoms. The minimum absolute atomic E-state index is 0.0529. The van der Waals surface area contributed by atoms with Crippen LogP contribution in [0.3, 0.4) is 0 Å². The van der Waals surface area contributed by atoms with Gasteiger partial charge in [0.1, 0.15) is 6.04 Å². The number of carbonyl (C=O) groups is 3. The van der Waals surface area contributed by atoms with Crippen LogP contribution in [-0.4, -0.2) is 38.8 Å². The molecule has 0 bridgehead atoms. The quantitative estimate of drug-likeness (QED) is 0.653. The molecule has 1 heterocycles. The van der Waals surface area contributed by atoms with E-state index >= 15 is 0 Å². The average Bonchev–Trinajstić information content (AvgIpc) is 3.57. The fourth-order valence-corrected chi connectivity index (χ4v) is 3.86. The normalized spacial score (nSPS) is 18.3. The number of nitrogens with one attached hydrogen (secondary N) is 2. The molecule has 2 N–H and O–H groups in total. The van der Waals surface area contributed by atoms with E-state index in [0.29, 0.717) is 5.69 Å². The van der Waals surface area contributed by atoms with Crippen LogP contribution in [0.2, 0.25) is 0 Å². The monoisotopic (exact) mass is 436 g/mol. The van der Waals surface area contributed by atoms with Crippen molar-refractivity contribution < 1.29 is 14.4 Å². The summed E-state index contributed by atoms with van der Waals surface area (Å²) in [5, 5.41) is 4.42. The Morgan fingerprint density at radius 1 is 1.10 bits per heavy atom. The first-order chi connectivity index (χ1) is 14.9. The van der Waals surface area contributed by atoms with Crippen LogP contribution in [0.5, 0.6) is 0 Å². The van der Waals surface area contributed by atoms with Crippen molar-refractivity contribution in [3.05, 3.63) is 65.7 Å². The van der Waals surface area contributed by atoms with Gasteiger partial charge in [0.05, 0.1) is 13.0 Å². The second kappa shape index (κ2) is 8.85. The van der Waals surface area contributed by atoms with Crippen LogP contribution in [0, 0.1) is 12.8 Å². The van der Waals surface area contributed by atoms with Crippen molar-refractivity contribution >= 4 is 40.7 Å². The average molecular weight is 437 g/mol. The minimum Gasteiger partial charge on any atom is -0.326 e. The number of hydrogen-bond acceptors (Lipinski definition) is 4. The summed E-state index contributed by atoms with van der Waals surface area (Å²) < 4.78 is 0.